The summed E-state index contributed by atoms with van der Waals surface area (Å²) in [6, 6.07) is 15.3. The molecule has 0 radical (unpaired) electrons. The van der Waals surface area contributed by atoms with E-state index in [0.29, 0.717) is 11.3 Å². The minimum absolute atomic E-state index is 0.0290. The molecule has 2 aromatic carbocycles. The Morgan fingerprint density at radius 3 is 2.50 bits per heavy atom. The van der Waals surface area contributed by atoms with Crippen molar-refractivity contribution in [3.05, 3.63) is 59.7 Å². The largest absolute Gasteiger partial charge is 0.490 e. The number of carbonyl (C=O) groups excluding carboxylic acids is 1. The van der Waals surface area contributed by atoms with Gasteiger partial charge in [-0.25, -0.2) is 0 Å². The molecule has 3 heteroatoms. The first kappa shape index (κ1) is 16.1. The Kier molecular flexibility index (Phi) is 5.59. The summed E-state index contributed by atoms with van der Waals surface area (Å²) in [7, 11) is 0. The zero-order valence-electron chi connectivity index (χ0n) is 13.4. The molecule has 0 bridgehead atoms. The highest BCUT2D eigenvalue weighted by Gasteiger charge is 2.14. The normalized spacial score (nSPS) is 10.5. The van der Waals surface area contributed by atoms with Crippen molar-refractivity contribution in [1.29, 1.82) is 0 Å². The van der Waals surface area contributed by atoms with Gasteiger partial charge in [0.15, 0.2) is 0 Å². The molecule has 1 N–H and O–H groups in total. The highest BCUT2D eigenvalue weighted by molar-refractivity contribution is 6.06. The van der Waals surface area contributed by atoms with Crippen LogP contribution in [0.2, 0.25) is 0 Å². The van der Waals surface area contributed by atoms with Gasteiger partial charge in [0.05, 0.1) is 11.7 Å². The van der Waals surface area contributed by atoms with Gasteiger partial charge in [0.2, 0.25) is 0 Å². The van der Waals surface area contributed by atoms with Crippen molar-refractivity contribution in [1.82, 2.24) is 0 Å². The zero-order chi connectivity index (χ0) is 15.9. The Morgan fingerprint density at radius 1 is 1.09 bits per heavy atom. The first-order valence-electron chi connectivity index (χ1n) is 7.76. The maximum atomic E-state index is 12.6. The van der Waals surface area contributed by atoms with Crippen LogP contribution in [-0.4, -0.2) is 12.0 Å². The number of ether oxygens (including phenoxy) is 1. The molecule has 0 aliphatic heterocycles. The molecule has 0 aliphatic rings. The van der Waals surface area contributed by atoms with Crippen molar-refractivity contribution < 1.29 is 9.53 Å². The van der Waals surface area contributed by atoms with Crippen LogP contribution >= 0.6 is 0 Å². The standard InChI is InChI=1S/C19H23NO2/c1-4-9-15-10-5-7-12-17(15)20-19(21)16-11-6-8-13-18(16)22-14(2)3/h5-8,10-14H,4,9H2,1-3H3,(H,20,21). The molecular weight excluding hydrogens is 274 g/mol. The van der Waals surface area contributed by atoms with E-state index >= 15 is 0 Å². The van der Waals surface area contributed by atoms with Crippen LogP contribution in [0, 0.1) is 0 Å². The maximum absolute atomic E-state index is 12.6. The van der Waals surface area contributed by atoms with Crippen molar-refractivity contribution in [3.63, 3.8) is 0 Å². The summed E-state index contributed by atoms with van der Waals surface area (Å²) < 4.78 is 5.72. The topological polar surface area (TPSA) is 38.3 Å². The molecule has 1 amide bonds. The van der Waals surface area contributed by atoms with E-state index in [2.05, 4.69) is 18.3 Å². The number of rotatable bonds is 6. The molecule has 0 saturated carbocycles. The first-order chi connectivity index (χ1) is 10.6. The number of nitrogens with one attached hydrogen (secondary N) is 1. The molecule has 0 aliphatic carbocycles. The molecular formula is C19H23NO2. The van der Waals surface area contributed by atoms with Gasteiger partial charge < -0.3 is 10.1 Å². The summed E-state index contributed by atoms with van der Waals surface area (Å²) in [5.41, 5.74) is 2.58. The van der Waals surface area contributed by atoms with Gasteiger partial charge in [0, 0.05) is 5.69 Å². The highest BCUT2D eigenvalue weighted by Crippen LogP contribution is 2.23. The van der Waals surface area contributed by atoms with Gasteiger partial charge in [0.1, 0.15) is 5.75 Å². The Labute approximate surface area is 132 Å². The average molecular weight is 297 g/mol. The van der Waals surface area contributed by atoms with Gasteiger partial charge >= 0.3 is 0 Å². The van der Waals surface area contributed by atoms with E-state index in [-0.39, 0.29) is 12.0 Å². The number of amides is 1. The van der Waals surface area contributed by atoms with Crippen LogP contribution in [0.1, 0.15) is 43.1 Å². The SMILES string of the molecule is CCCc1ccccc1NC(=O)c1ccccc1OC(C)C. The second-order valence-electron chi connectivity index (χ2n) is 5.52. The lowest BCUT2D eigenvalue weighted by molar-refractivity contribution is 0.102. The first-order valence-corrected chi connectivity index (χ1v) is 7.76. The predicted molar refractivity (Wildman–Crippen MR) is 90.6 cm³/mol. The fourth-order valence-electron chi connectivity index (χ4n) is 2.33. The summed E-state index contributed by atoms with van der Waals surface area (Å²) in [5, 5.41) is 3.01. The number of hydrogen-bond acceptors (Lipinski definition) is 2. The van der Waals surface area contributed by atoms with Crippen LogP contribution in [0.5, 0.6) is 5.75 Å². The highest BCUT2D eigenvalue weighted by atomic mass is 16.5. The Balaban J connectivity index is 2.23. The smallest absolute Gasteiger partial charge is 0.259 e. The third-order valence-electron chi connectivity index (χ3n) is 3.28. The average Bonchev–Trinajstić information content (AvgIpc) is 2.49. The van der Waals surface area contributed by atoms with E-state index in [0.717, 1.165) is 24.1 Å². The fraction of sp³-hybridized carbons (Fsp3) is 0.316. The molecule has 0 spiro atoms. The van der Waals surface area contributed by atoms with Gasteiger partial charge in [-0.3, -0.25) is 4.79 Å². The molecule has 0 heterocycles. The van der Waals surface area contributed by atoms with Crippen LogP contribution in [-0.2, 0) is 6.42 Å². The molecule has 0 atom stereocenters. The number of carbonyl (C=O) groups is 1. The van der Waals surface area contributed by atoms with Crippen molar-refractivity contribution in [2.45, 2.75) is 39.7 Å². The van der Waals surface area contributed by atoms with Crippen LogP contribution in [0.3, 0.4) is 0 Å². The zero-order valence-corrected chi connectivity index (χ0v) is 13.4. The molecule has 3 nitrogen and oxygen atoms in total. The van der Waals surface area contributed by atoms with E-state index < -0.39 is 0 Å². The number of anilines is 1. The second kappa shape index (κ2) is 7.64. The van der Waals surface area contributed by atoms with E-state index in [1.54, 1.807) is 6.07 Å². The molecule has 0 unspecified atom stereocenters. The minimum atomic E-state index is -0.139. The van der Waals surface area contributed by atoms with E-state index in [4.69, 9.17) is 4.74 Å². The third-order valence-corrected chi connectivity index (χ3v) is 3.28. The lowest BCUT2D eigenvalue weighted by Crippen LogP contribution is -2.16. The van der Waals surface area contributed by atoms with Crippen LogP contribution in [0.4, 0.5) is 5.69 Å². The molecule has 0 saturated heterocycles. The summed E-state index contributed by atoms with van der Waals surface area (Å²) in [4.78, 5) is 12.6. The van der Waals surface area contributed by atoms with Crippen LogP contribution < -0.4 is 10.1 Å². The number of para-hydroxylation sites is 2. The third kappa shape index (κ3) is 4.10. The fourth-order valence-corrected chi connectivity index (χ4v) is 2.33. The van der Waals surface area contributed by atoms with Gasteiger partial charge in [-0.2, -0.15) is 0 Å². The van der Waals surface area contributed by atoms with Gasteiger partial charge in [0.25, 0.3) is 5.91 Å². The van der Waals surface area contributed by atoms with E-state index in [9.17, 15) is 4.79 Å². The summed E-state index contributed by atoms with van der Waals surface area (Å²) >= 11 is 0. The molecule has 116 valence electrons. The van der Waals surface area contributed by atoms with Crippen LogP contribution in [0.25, 0.3) is 0 Å². The van der Waals surface area contributed by atoms with Crippen molar-refractivity contribution in [2.24, 2.45) is 0 Å². The quantitative estimate of drug-likeness (QED) is 0.840. The predicted octanol–water partition coefficient (Wildman–Crippen LogP) is 4.68. The van der Waals surface area contributed by atoms with Gasteiger partial charge in [-0.05, 0) is 44.0 Å². The molecule has 22 heavy (non-hydrogen) atoms. The number of benzene rings is 2. The van der Waals surface area contributed by atoms with E-state index in [1.165, 1.54) is 0 Å². The maximum Gasteiger partial charge on any atom is 0.259 e. The number of hydrogen-bond donors (Lipinski definition) is 1. The lowest BCUT2D eigenvalue weighted by atomic mass is 10.1. The number of aryl methyl sites for hydroxylation is 1. The lowest BCUT2D eigenvalue weighted by Gasteiger charge is -2.15. The Morgan fingerprint density at radius 2 is 1.77 bits per heavy atom. The van der Waals surface area contributed by atoms with E-state index in [1.807, 2.05) is 50.2 Å². The Hall–Kier alpha value is -2.29. The minimum Gasteiger partial charge on any atom is -0.490 e. The summed E-state index contributed by atoms with van der Waals surface area (Å²) in [5.74, 6) is 0.475. The van der Waals surface area contributed by atoms with Gasteiger partial charge in [-0.15, -0.1) is 0 Å². The Bertz CT molecular complexity index is 635. The molecule has 2 aromatic rings. The second-order valence-corrected chi connectivity index (χ2v) is 5.52. The molecule has 0 aromatic heterocycles. The summed E-state index contributed by atoms with van der Waals surface area (Å²) in [6.45, 7) is 6.03. The monoisotopic (exact) mass is 297 g/mol. The molecule has 2 rings (SSSR count). The van der Waals surface area contributed by atoms with Crippen molar-refractivity contribution in [2.75, 3.05) is 5.32 Å². The van der Waals surface area contributed by atoms with Gasteiger partial charge in [-0.1, -0.05) is 43.7 Å². The van der Waals surface area contributed by atoms with Crippen molar-refractivity contribution in [3.8, 4) is 5.75 Å². The van der Waals surface area contributed by atoms with Crippen molar-refractivity contribution >= 4 is 11.6 Å². The summed E-state index contributed by atoms with van der Waals surface area (Å²) in [6.07, 6.45) is 2.02. The van der Waals surface area contributed by atoms with Crippen LogP contribution in [0.15, 0.2) is 48.5 Å². The molecule has 0 fully saturated rings.